The second kappa shape index (κ2) is 11.7. The van der Waals surface area contributed by atoms with Crippen LogP contribution in [0.5, 0.6) is 0 Å². The van der Waals surface area contributed by atoms with Crippen LogP contribution in [0.25, 0.3) is 11.0 Å². The van der Waals surface area contributed by atoms with Gasteiger partial charge in [0.25, 0.3) is 0 Å². The minimum Gasteiger partial charge on any atom is -0.393 e. The van der Waals surface area contributed by atoms with E-state index in [1.165, 1.54) is 6.20 Å². The third kappa shape index (κ3) is 6.64. The Hall–Kier alpha value is -1.66. The van der Waals surface area contributed by atoms with Crippen LogP contribution in [0.4, 0.5) is 19.0 Å². The van der Waals surface area contributed by atoms with Crippen LogP contribution >= 0.6 is 19.2 Å². The summed E-state index contributed by atoms with van der Waals surface area (Å²) in [5.74, 6) is 0.421. The quantitative estimate of drug-likeness (QED) is 0.156. The van der Waals surface area contributed by atoms with Crippen LogP contribution in [0.1, 0.15) is 31.9 Å². The lowest BCUT2D eigenvalue weighted by Crippen LogP contribution is -2.45. The molecule has 2 aliphatic rings. The molecule has 19 heteroatoms. The minimum atomic E-state index is -5.42. The Labute approximate surface area is 224 Å². The molecule has 1 saturated heterocycles. The van der Waals surface area contributed by atoms with Crippen LogP contribution in [0.3, 0.4) is 0 Å². The lowest BCUT2D eigenvalue weighted by atomic mass is 10.1. The average Bonchev–Trinajstić information content (AvgIpc) is 3.56. The van der Waals surface area contributed by atoms with Crippen LogP contribution < -0.4 is 5.32 Å². The van der Waals surface area contributed by atoms with Gasteiger partial charge in [-0.2, -0.15) is 28.2 Å². The molecule has 0 spiro atoms. The fourth-order valence-corrected chi connectivity index (χ4v) is 5.34. The van der Waals surface area contributed by atoms with Gasteiger partial charge in [-0.1, -0.05) is 12.8 Å². The van der Waals surface area contributed by atoms with E-state index < -0.39 is 70.1 Å². The molecule has 6 N–H and O–H groups in total. The van der Waals surface area contributed by atoms with E-state index in [9.17, 15) is 42.8 Å². The van der Waals surface area contributed by atoms with Gasteiger partial charge in [-0.3, -0.25) is 4.57 Å². The van der Waals surface area contributed by atoms with Crippen LogP contribution in [0, 0.1) is 0 Å². The van der Waals surface area contributed by atoms with Crippen molar-refractivity contribution in [1.82, 2.24) is 19.7 Å². The molecule has 0 amide bonds. The van der Waals surface area contributed by atoms with Crippen molar-refractivity contribution in [3.8, 4) is 0 Å². The van der Waals surface area contributed by atoms with Gasteiger partial charge >= 0.3 is 13.8 Å². The molecule has 0 unspecified atom stereocenters. The van der Waals surface area contributed by atoms with E-state index >= 15 is 0 Å². The Morgan fingerprint density at radius 3 is 2.49 bits per heavy atom. The molecule has 5 atom stereocenters. The molecule has 220 valence electrons. The zero-order chi connectivity index (χ0) is 28.6. The highest BCUT2D eigenvalue weighted by molar-refractivity contribution is 7.53. The lowest BCUT2D eigenvalue weighted by molar-refractivity contribution is -0.192. The average molecular weight is 606 g/mol. The van der Waals surface area contributed by atoms with Gasteiger partial charge in [0, 0.05) is 6.04 Å². The number of rotatable bonds is 11. The van der Waals surface area contributed by atoms with E-state index in [-0.39, 0.29) is 17.0 Å². The molecule has 4 rings (SSSR count). The number of nitrogens with zero attached hydrogens (tertiary/aromatic N) is 4. The van der Waals surface area contributed by atoms with Crippen LogP contribution in [-0.2, 0) is 18.8 Å². The zero-order valence-electron chi connectivity index (χ0n) is 20.2. The van der Waals surface area contributed by atoms with Crippen molar-refractivity contribution in [2.24, 2.45) is 0 Å². The number of aromatic nitrogens is 4. The zero-order valence-corrected chi connectivity index (χ0v) is 21.9. The molecule has 2 aromatic rings. The maximum Gasteiger partial charge on any atom is 0.411 e. The normalized spacial score (nSPS) is 26.4. The third-order valence-corrected chi connectivity index (χ3v) is 8.22. The van der Waals surface area contributed by atoms with Gasteiger partial charge in [0.1, 0.15) is 30.7 Å². The van der Waals surface area contributed by atoms with Gasteiger partial charge in [-0.25, -0.2) is 4.68 Å². The first-order chi connectivity index (χ1) is 18.2. The number of hydrogen-bond acceptors (Lipinski definition) is 11. The fourth-order valence-electron chi connectivity index (χ4n) is 4.48. The summed E-state index contributed by atoms with van der Waals surface area (Å²) in [6.45, 7) is -5.44. The van der Waals surface area contributed by atoms with Crippen LogP contribution in [-0.4, -0.2) is 107 Å². The summed E-state index contributed by atoms with van der Waals surface area (Å²) in [4.78, 5) is 27.7. The van der Waals surface area contributed by atoms with Gasteiger partial charge in [0.05, 0.1) is 31.4 Å². The molecule has 2 fully saturated rings. The van der Waals surface area contributed by atoms with E-state index in [1.54, 1.807) is 0 Å². The smallest absolute Gasteiger partial charge is 0.393 e. The summed E-state index contributed by atoms with van der Waals surface area (Å²) in [6.07, 6.45) is -5.50. The minimum absolute atomic E-state index is 0.120. The van der Waals surface area contributed by atoms with Crippen molar-refractivity contribution in [1.29, 1.82) is 0 Å². The number of aliphatic hydroxyl groups is 3. The summed E-state index contributed by atoms with van der Waals surface area (Å²) in [5.41, 5.74) is 0.161. The molecule has 39 heavy (non-hydrogen) atoms. The molecule has 1 saturated carbocycles. The second-order valence-electron chi connectivity index (χ2n) is 9.41. The first kappa shape index (κ1) is 30.3. The maximum atomic E-state index is 12.5. The number of aliphatic hydroxyl groups excluding tert-OH is 3. The van der Waals surface area contributed by atoms with Crippen molar-refractivity contribution in [3.63, 3.8) is 0 Å². The van der Waals surface area contributed by atoms with Gasteiger partial charge in [-0.15, -0.1) is 0 Å². The second-order valence-corrected chi connectivity index (χ2v) is 11.6. The molecule has 1 aliphatic heterocycles. The molecule has 14 nitrogen and oxygen atoms in total. The highest BCUT2D eigenvalue weighted by atomic mass is 35.5. The van der Waals surface area contributed by atoms with Crippen molar-refractivity contribution in [3.05, 3.63) is 11.5 Å². The van der Waals surface area contributed by atoms with Crippen LogP contribution in [0.15, 0.2) is 6.20 Å². The number of nitrogens with one attached hydrogen (secondary N) is 1. The predicted molar refractivity (Wildman–Crippen MR) is 127 cm³/mol. The van der Waals surface area contributed by atoms with E-state index in [4.69, 9.17) is 21.1 Å². The Morgan fingerprint density at radius 2 is 1.87 bits per heavy atom. The Morgan fingerprint density at radius 1 is 1.18 bits per heavy atom. The summed E-state index contributed by atoms with van der Waals surface area (Å²) in [7, 11) is -5.42. The fraction of sp³-hybridized carbons (Fsp3) is 0.750. The molecule has 0 radical (unpaired) electrons. The summed E-state index contributed by atoms with van der Waals surface area (Å²) in [5, 5.41) is 35.8. The molecule has 1 aliphatic carbocycles. The Balaban J connectivity index is 1.51. The monoisotopic (exact) mass is 605 g/mol. The Bertz CT molecular complexity index is 1200. The van der Waals surface area contributed by atoms with Gasteiger partial charge in [0.15, 0.2) is 11.9 Å². The first-order valence-corrected chi connectivity index (χ1v) is 13.9. The lowest BCUT2D eigenvalue weighted by Gasteiger charge is -2.33. The van der Waals surface area contributed by atoms with Gasteiger partial charge < -0.3 is 44.6 Å². The summed E-state index contributed by atoms with van der Waals surface area (Å²) < 4.78 is 65.7. The number of ether oxygens (including phenoxy) is 3. The highest BCUT2D eigenvalue weighted by Gasteiger charge is 2.52. The number of hydrogen-bond donors (Lipinski definition) is 6. The number of halogens is 4. The number of alkyl halides is 3. The Kier molecular flexibility index (Phi) is 9.07. The molecule has 3 heterocycles. The van der Waals surface area contributed by atoms with E-state index in [0.717, 1.165) is 30.4 Å². The number of fused-ring (bicyclic) bond motifs is 1. The molecule has 0 bridgehead atoms. The highest BCUT2D eigenvalue weighted by Crippen LogP contribution is 2.51. The summed E-state index contributed by atoms with van der Waals surface area (Å²) >= 11 is 6.11. The van der Waals surface area contributed by atoms with Crippen molar-refractivity contribution < 1.29 is 57.1 Å². The van der Waals surface area contributed by atoms with Gasteiger partial charge in [0.2, 0.25) is 10.6 Å². The third-order valence-electron chi connectivity index (χ3n) is 6.59. The first-order valence-electron chi connectivity index (χ1n) is 11.9. The van der Waals surface area contributed by atoms with E-state index in [1.807, 2.05) is 0 Å². The van der Waals surface area contributed by atoms with Crippen molar-refractivity contribution in [2.45, 2.75) is 67.8 Å². The maximum absolute atomic E-state index is 12.5. The molecular weight excluding hydrogens is 578 g/mol. The molecule has 2 aromatic heterocycles. The summed E-state index contributed by atoms with van der Waals surface area (Å²) in [6, 6.07) is 0.181. The molecular formula is C20H28ClF3N5O9P. The standard InChI is InChI=1S/C20H28ClF3N5O9P/c21-18-27-15(26-10-3-1-2-4-10)11-5-25-29(16(11)28-18)17-14(32)13(31)12(38-17)6-37-19(7-30,39(33,34)35)8-36-9-20(22,23)24/h5,10,12-14,17,30-32H,1-4,6-9H2,(H,26,27,28)(H2,33,34,35)/t12-,13-,14-,17-,19+/m1/s1. The van der Waals surface area contributed by atoms with Crippen molar-refractivity contribution >= 4 is 36.0 Å². The molecule has 0 aromatic carbocycles. The predicted octanol–water partition coefficient (Wildman–Crippen LogP) is 0.915. The van der Waals surface area contributed by atoms with Crippen molar-refractivity contribution in [2.75, 3.05) is 31.7 Å². The SMILES string of the molecule is O=P(O)(O)[C@@](CO)(COCC(F)(F)F)OC[C@H]1O[C@@H](n2ncc3c(NC4CCCC4)nc(Cl)nc32)[C@H](O)[C@@H]1O. The van der Waals surface area contributed by atoms with E-state index in [0.29, 0.717) is 11.2 Å². The largest absolute Gasteiger partial charge is 0.411 e. The van der Waals surface area contributed by atoms with Gasteiger partial charge in [-0.05, 0) is 24.4 Å². The van der Waals surface area contributed by atoms with E-state index in [2.05, 4.69) is 25.1 Å². The topological polar surface area (TPSA) is 202 Å². The van der Waals surface area contributed by atoms with Crippen LogP contribution in [0.2, 0.25) is 5.28 Å². The number of anilines is 1.